The average molecular weight is 376 g/mol. The van der Waals surface area contributed by atoms with Crippen LogP contribution in [0.2, 0.25) is 5.02 Å². The molecule has 2 aromatic carbocycles. The van der Waals surface area contributed by atoms with Gasteiger partial charge in [-0.05, 0) is 41.5 Å². The van der Waals surface area contributed by atoms with Crippen LogP contribution in [-0.4, -0.2) is 30.4 Å². The Bertz CT molecular complexity index is 773. The van der Waals surface area contributed by atoms with E-state index in [-0.39, 0.29) is 31.2 Å². The minimum atomic E-state index is -0.399. The summed E-state index contributed by atoms with van der Waals surface area (Å²) < 4.78 is 17.7. The van der Waals surface area contributed by atoms with Crippen LogP contribution in [0.4, 0.5) is 4.39 Å². The SMILES string of the molecule is COC(=O)CCN(Cc1ccc(F)cc1)C(=O)/C=C/c1ccc(Cl)cc1. The summed E-state index contributed by atoms with van der Waals surface area (Å²) in [7, 11) is 1.30. The van der Waals surface area contributed by atoms with Crippen LogP contribution in [0.1, 0.15) is 17.5 Å². The number of esters is 1. The van der Waals surface area contributed by atoms with Gasteiger partial charge >= 0.3 is 5.97 Å². The first-order chi connectivity index (χ1) is 12.5. The third-order valence-electron chi connectivity index (χ3n) is 3.70. The lowest BCUT2D eigenvalue weighted by Gasteiger charge is -2.21. The molecule has 0 N–H and O–H groups in total. The zero-order valence-electron chi connectivity index (χ0n) is 14.3. The topological polar surface area (TPSA) is 46.6 Å². The summed E-state index contributed by atoms with van der Waals surface area (Å²) in [5.74, 6) is -0.999. The number of ether oxygens (including phenoxy) is 1. The fourth-order valence-electron chi connectivity index (χ4n) is 2.25. The van der Waals surface area contributed by atoms with E-state index in [0.29, 0.717) is 5.02 Å². The van der Waals surface area contributed by atoms with Gasteiger partial charge in [0.2, 0.25) is 5.91 Å². The lowest BCUT2D eigenvalue weighted by molar-refractivity contribution is -0.141. The fraction of sp³-hybridized carbons (Fsp3) is 0.200. The minimum absolute atomic E-state index is 0.0816. The first-order valence-corrected chi connectivity index (χ1v) is 8.39. The normalized spacial score (nSPS) is 10.7. The van der Waals surface area contributed by atoms with Gasteiger partial charge in [0.15, 0.2) is 0 Å². The highest BCUT2D eigenvalue weighted by atomic mass is 35.5. The number of halogens is 2. The maximum Gasteiger partial charge on any atom is 0.307 e. The summed E-state index contributed by atoms with van der Waals surface area (Å²) in [5.41, 5.74) is 1.60. The maximum atomic E-state index is 13.1. The van der Waals surface area contributed by atoms with E-state index in [2.05, 4.69) is 4.74 Å². The van der Waals surface area contributed by atoms with Crippen molar-refractivity contribution in [3.63, 3.8) is 0 Å². The van der Waals surface area contributed by atoms with Crippen molar-refractivity contribution in [3.05, 3.63) is 76.6 Å². The largest absolute Gasteiger partial charge is 0.469 e. The molecule has 0 aliphatic rings. The highest BCUT2D eigenvalue weighted by Gasteiger charge is 2.14. The summed E-state index contributed by atoms with van der Waals surface area (Å²) in [4.78, 5) is 25.5. The summed E-state index contributed by atoms with van der Waals surface area (Å²) in [5, 5.41) is 0.615. The van der Waals surface area contributed by atoms with Crippen LogP contribution in [0.3, 0.4) is 0 Å². The van der Waals surface area contributed by atoms with Crippen molar-refractivity contribution in [1.82, 2.24) is 4.90 Å². The van der Waals surface area contributed by atoms with E-state index in [9.17, 15) is 14.0 Å². The van der Waals surface area contributed by atoms with Crippen molar-refractivity contribution in [2.45, 2.75) is 13.0 Å². The number of hydrogen-bond acceptors (Lipinski definition) is 3. The Morgan fingerprint density at radius 3 is 2.38 bits per heavy atom. The second kappa shape index (κ2) is 9.73. The quantitative estimate of drug-likeness (QED) is 0.541. The predicted octanol–water partition coefficient (Wildman–Crippen LogP) is 4.08. The van der Waals surface area contributed by atoms with Crippen LogP contribution in [0.25, 0.3) is 6.08 Å². The number of hydrogen-bond donors (Lipinski definition) is 0. The molecule has 26 heavy (non-hydrogen) atoms. The van der Waals surface area contributed by atoms with Crippen LogP contribution in [0.5, 0.6) is 0 Å². The van der Waals surface area contributed by atoms with Gasteiger partial charge in [0.1, 0.15) is 5.82 Å². The molecule has 2 aromatic rings. The zero-order chi connectivity index (χ0) is 18.9. The summed E-state index contributed by atoms with van der Waals surface area (Å²) in [6.45, 7) is 0.467. The van der Waals surface area contributed by atoms with Crippen molar-refractivity contribution < 1.29 is 18.7 Å². The van der Waals surface area contributed by atoms with Crippen molar-refractivity contribution in [3.8, 4) is 0 Å². The third kappa shape index (κ3) is 6.33. The molecule has 0 bridgehead atoms. The number of rotatable bonds is 7. The maximum absolute atomic E-state index is 13.1. The second-order valence-electron chi connectivity index (χ2n) is 5.60. The van der Waals surface area contributed by atoms with E-state index in [1.807, 2.05) is 0 Å². The van der Waals surface area contributed by atoms with E-state index in [1.165, 1.54) is 30.2 Å². The van der Waals surface area contributed by atoms with E-state index in [0.717, 1.165) is 11.1 Å². The van der Waals surface area contributed by atoms with Crippen LogP contribution >= 0.6 is 11.6 Å². The molecule has 4 nitrogen and oxygen atoms in total. The Morgan fingerprint density at radius 2 is 1.77 bits per heavy atom. The Hall–Kier alpha value is -2.66. The van der Waals surface area contributed by atoms with Gasteiger partial charge in [-0.3, -0.25) is 9.59 Å². The van der Waals surface area contributed by atoms with Crippen LogP contribution < -0.4 is 0 Å². The van der Waals surface area contributed by atoms with Crippen molar-refractivity contribution in [2.24, 2.45) is 0 Å². The van der Waals surface area contributed by atoms with Crippen LogP contribution in [-0.2, 0) is 20.9 Å². The summed E-state index contributed by atoms with van der Waals surface area (Å²) in [6.07, 6.45) is 3.19. The lowest BCUT2D eigenvalue weighted by atomic mass is 10.2. The second-order valence-corrected chi connectivity index (χ2v) is 6.03. The number of methoxy groups -OCH3 is 1. The number of benzene rings is 2. The highest BCUT2D eigenvalue weighted by molar-refractivity contribution is 6.30. The average Bonchev–Trinajstić information content (AvgIpc) is 2.65. The van der Waals surface area contributed by atoms with Crippen molar-refractivity contribution in [2.75, 3.05) is 13.7 Å². The standard InChI is InChI=1S/C20H19ClFNO3/c1-26-20(25)12-13-23(14-16-4-9-18(22)10-5-16)19(24)11-6-15-2-7-17(21)8-3-15/h2-11H,12-14H2,1H3/b11-6+. The molecule has 0 aromatic heterocycles. The van der Waals surface area contributed by atoms with Crippen molar-refractivity contribution >= 4 is 29.6 Å². The molecule has 1 amide bonds. The molecule has 0 aliphatic carbocycles. The van der Waals surface area contributed by atoms with Gasteiger partial charge in [-0.15, -0.1) is 0 Å². The van der Waals surface area contributed by atoms with E-state index < -0.39 is 5.97 Å². The van der Waals surface area contributed by atoms with E-state index in [1.54, 1.807) is 42.5 Å². The van der Waals surface area contributed by atoms with E-state index >= 15 is 0 Å². The first-order valence-electron chi connectivity index (χ1n) is 8.02. The number of amides is 1. The molecule has 0 unspecified atom stereocenters. The molecule has 0 atom stereocenters. The Morgan fingerprint density at radius 1 is 1.12 bits per heavy atom. The predicted molar refractivity (Wildman–Crippen MR) is 98.9 cm³/mol. The highest BCUT2D eigenvalue weighted by Crippen LogP contribution is 2.12. The Balaban J connectivity index is 2.09. The monoisotopic (exact) mass is 375 g/mol. The number of carbonyl (C=O) groups is 2. The van der Waals surface area contributed by atoms with Gasteiger partial charge < -0.3 is 9.64 Å². The molecule has 136 valence electrons. The molecule has 0 heterocycles. The van der Waals surface area contributed by atoms with Gasteiger partial charge in [0.25, 0.3) is 0 Å². The molecule has 0 saturated carbocycles. The van der Waals surface area contributed by atoms with Crippen LogP contribution in [0.15, 0.2) is 54.6 Å². The molecule has 2 rings (SSSR count). The minimum Gasteiger partial charge on any atom is -0.469 e. The van der Waals surface area contributed by atoms with Gasteiger partial charge in [-0.1, -0.05) is 35.9 Å². The first kappa shape index (κ1) is 19.7. The van der Waals surface area contributed by atoms with Crippen LogP contribution in [0, 0.1) is 5.82 Å². The fourth-order valence-corrected chi connectivity index (χ4v) is 2.38. The smallest absolute Gasteiger partial charge is 0.307 e. The molecule has 0 spiro atoms. The van der Waals surface area contributed by atoms with Gasteiger partial charge in [0.05, 0.1) is 13.5 Å². The number of carbonyl (C=O) groups excluding carboxylic acids is 2. The Kier molecular flexibility index (Phi) is 7.36. The summed E-state index contributed by atoms with van der Waals surface area (Å²) >= 11 is 5.84. The Labute approximate surface area is 156 Å². The van der Waals surface area contributed by atoms with Crippen molar-refractivity contribution in [1.29, 1.82) is 0 Å². The molecule has 0 radical (unpaired) electrons. The van der Waals surface area contributed by atoms with Gasteiger partial charge in [-0.25, -0.2) is 4.39 Å². The molecule has 6 heteroatoms. The molecule has 0 saturated heterocycles. The van der Waals surface area contributed by atoms with E-state index in [4.69, 9.17) is 11.6 Å². The van der Waals surface area contributed by atoms with Gasteiger partial charge in [0, 0.05) is 24.2 Å². The molecule has 0 fully saturated rings. The number of nitrogens with zero attached hydrogens (tertiary/aromatic N) is 1. The molecular formula is C20H19ClFNO3. The lowest BCUT2D eigenvalue weighted by Crippen LogP contribution is -2.31. The summed E-state index contributed by atoms with van der Waals surface area (Å²) in [6, 6.07) is 12.9. The molecular weight excluding hydrogens is 357 g/mol. The third-order valence-corrected chi connectivity index (χ3v) is 3.95. The zero-order valence-corrected chi connectivity index (χ0v) is 15.1. The van der Waals surface area contributed by atoms with Gasteiger partial charge in [-0.2, -0.15) is 0 Å². The molecule has 0 aliphatic heterocycles.